The maximum absolute atomic E-state index is 10.2. The zero-order valence-electron chi connectivity index (χ0n) is 21.5. The molecule has 1 aromatic heterocycles. The molecule has 0 bridgehead atoms. The van der Waals surface area contributed by atoms with Crippen LogP contribution in [0.4, 0.5) is 11.6 Å². The lowest BCUT2D eigenvalue weighted by Gasteiger charge is -2.32. The number of ether oxygens (including phenoxy) is 1. The number of morpholine rings is 1. The predicted octanol–water partition coefficient (Wildman–Crippen LogP) is 4.39. The summed E-state index contributed by atoms with van der Waals surface area (Å²) in [5.41, 5.74) is 4.47. The van der Waals surface area contributed by atoms with Crippen molar-refractivity contribution in [1.82, 2.24) is 14.8 Å². The van der Waals surface area contributed by atoms with E-state index < -0.39 is 0 Å². The average Bonchev–Trinajstić information content (AvgIpc) is 2.93. The summed E-state index contributed by atoms with van der Waals surface area (Å²) >= 11 is 0. The van der Waals surface area contributed by atoms with Crippen molar-refractivity contribution in [3.8, 4) is 6.07 Å². The molecule has 36 heavy (non-hydrogen) atoms. The molecule has 1 saturated heterocycles. The Morgan fingerprint density at radius 1 is 0.972 bits per heavy atom. The van der Waals surface area contributed by atoms with Crippen LogP contribution in [0.1, 0.15) is 60.8 Å². The highest BCUT2D eigenvalue weighted by molar-refractivity contribution is 5.66. The first-order chi connectivity index (χ1) is 17.8. The van der Waals surface area contributed by atoms with Crippen molar-refractivity contribution in [2.75, 3.05) is 56.6 Å². The molecule has 192 valence electrons. The van der Waals surface area contributed by atoms with Crippen LogP contribution < -0.4 is 10.6 Å². The van der Waals surface area contributed by atoms with E-state index in [-0.39, 0.29) is 0 Å². The minimum atomic E-state index is 0.420. The van der Waals surface area contributed by atoms with Crippen LogP contribution in [0.2, 0.25) is 0 Å². The highest BCUT2D eigenvalue weighted by Crippen LogP contribution is 2.33. The Morgan fingerprint density at radius 2 is 1.78 bits per heavy atom. The van der Waals surface area contributed by atoms with Crippen molar-refractivity contribution >= 4 is 11.6 Å². The first kappa shape index (κ1) is 25.0. The normalized spacial score (nSPS) is 19.4. The van der Waals surface area contributed by atoms with Crippen molar-refractivity contribution < 1.29 is 4.74 Å². The molecule has 1 aromatic carbocycles. The lowest BCUT2D eigenvalue weighted by Crippen LogP contribution is -2.37. The molecule has 2 N–H and O–H groups in total. The Bertz CT molecular complexity index is 1020. The van der Waals surface area contributed by atoms with Gasteiger partial charge in [0.25, 0.3) is 0 Å². The van der Waals surface area contributed by atoms with Crippen LogP contribution in [0.15, 0.2) is 30.3 Å². The van der Waals surface area contributed by atoms with E-state index in [9.17, 15) is 5.26 Å². The van der Waals surface area contributed by atoms with E-state index in [1.807, 2.05) is 0 Å². The molecule has 0 amide bonds. The minimum Gasteiger partial charge on any atom is -0.379 e. The molecule has 5 rings (SSSR count). The fourth-order valence-corrected chi connectivity index (χ4v) is 5.81. The van der Waals surface area contributed by atoms with Crippen LogP contribution in [-0.2, 0) is 24.2 Å². The molecule has 3 heterocycles. The molecular weight excluding hydrogens is 448 g/mol. The van der Waals surface area contributed by atoms with E-state index in [1.165, 1.54) is 36.0 Å². The second-order valence-electron chi connectivity index (χ2n) is 10.4. The number of hydrogen-bond donors (Lipinski definition) is 2. The number of nitriles is 1. The Balaban J connectivity index is 1.34. The lowest BCUT2D eigenvalue weighted by atomic mass is 9.93. The maximum atomic E-state index is 10.2. The molecule has 2 aliphatic heterocycles. The molecule has 7 nitrogen and oxygen atoms in total. The third-order valence-corrected chi connectivity index (χ3v) is 7.83. The first-order valence-electron chi connectivity index (χ1n) is 13.8. The number of anilines is 2. The van der Waals surface area contributed by atoms with Crippen molar-refractivity contribution in [2.45, 2.75) is 64.1 Å². The van der Waals surface area contributed by atoms with Gasteiger partial charge in [0, 0.05) is 50.9 Å². The Morgan fingerprint density at radius 3 is 2.56 bits per heavy atom. The molecule has 7 heteroatoms. The van der Waals surface area contributed by atoms with Crippen LogP contribution in [-0.4, -0.2) is 66.8 Å². The van der Waals surface area contributed by atoms with Gasteiger partial charge in [-0.2, -0.15) is 5.26 Å². The lowest BCUT2D eigenvalue weighted by molar-refractivity contribution is 0.0378. The van der Waals surface area contributed by atoms with E-state index in [0.29, 0.717) is 6.04 Å². The number of nitrogens with zero attached hydrogens (tertiary/aromatic N) is 4. The van der Waals surface area contributed by atoms with Crippen molar-refractivity contribution in [3.63, 3.8) is 0 Å². The number of pyridine rings is 1. The second kappa shape index (κ2) is 12.5. The predicted molar refractivity (Wildman–Crippen MR) is 144 cm³/mol. The smallest absolute Gasteiger partial charge is 0.146 e. The average molecular weight is 489 g/mol. The summed E-state index contributed by atoms with van der Waals surface area (Å²) in [7, 11) is 0. The largest absolute Gasteiger partial charge is 0.379 e. The summed E-state index contributed by atoms with van der Waals surface area (Å²) in [4.78, 5) is 10.0. The van der Waals surface area contributed by atoms with E-state index >= 15 is 0 Å². The van der Waals surface area contributed by atoms with Gasteiger partial charge in [-0.3, -0.25) is 9.80 Å². The molecule has 3 aliphatic rings. The van der Waals surface area contributed by atoms with Crippen LogP contribution in [0.25, 0.3) is 0 Å². The molecule has 1 saturated carbocycles. The highest BCUT2D eigenvalue weighted by atomic mass is 16.5. The number of hydrogen-bond acceptors (Lipinski definition) is 7. The summed E-state index contributed by atoms with van der Waals surface area (Å²) in [5.74, 6) is 1.75. The van der Waals surface area contributed by atoms with Gasteiger partial charge in [-0.1, -0.05) is 49.6 Å². The van der Waals surface area contributed by atoms with Crippen LogP contribution >= 0.6 is 0 Å². The van der Waals surface area contributed by atoms with Gasteiger partial charge in [-0.15, -0.1) is 0 Å². The van der Waals surface area contributed by atoms with E-state index in [0.717, 1.165) is 102 Å². The second-order valence-corrected chi connectivity index (χ2v) is 10.4. The Hall–Kier alpha value is -2.66. The van der Waals surface area contributed by atoms with Gasteiger partial charge in [-0.25, -0.2) is 4.98 Å². The molecule has 1 aliphatic carbocycles. The monoisotopic (exact) mass is 488 g/mol. The van der Waals surface area contributed by atoms with E-state index in [1.54, 1.807) is 0 Å². The standard InChI is InChI=1S/C29H40N6O/c30-20-26-25-12-15-35(21-23-8-3-1-4-9-23)22-27(25)28(31-13-7-14-34-16-18-36-19-17-34)33-29(26)32-24-10-5-2-6-11-24/h1,3-4,8-9,24H,2,5-7,10-19,21-22H2,(H2,31,32,33). The van der Waals surface area contributed by atoms with Gasteiger partial charge in [0.2, 0.25) is 0 Å². The Kier molecular flexibility index (Phi) is 8.71. The van der Waals surface area contributed by atoms with Gasteiger partial charge < -0.3 is 15.4 Å². The summed E-state index contributed by atoms with van der Waals surface area (Å²) < 4.78 is 5.48. The summed E-state index contributed by atoms with van der Waals surface area (Å²) in [6, 6.07) is 13.6. The molecule has 2 fully saturated rings. The van der Waals surface area contributed by atoms with Crippen LogP contribution in [0.5, 0.6) is 0 Å². The third-order valence-electron chi connectivity index (χ3n) is 7.83. The van der Waals surface area contributed by atoms with Crippen molar-refractivity contribution in [3.05, 3.63) is 52.6 Å². The molecule has 0 spiro atoms. The first-order valence-corrected chi connectivity index (χ1v) is 13.8. The third kappa shape index (κ3) is 6.36. The van der Waals surface area contributed by atoms with Crippen LogP contribution in [0, 0.1) is 11.3 Å². The number of rotatable bonds is 9. The number of fused-ring (bicyclic) bond motifs is 1. The van der Waals surface area contributed by atoms with Gasteiger partial charge >= 0.3 is 0 Å². The number of nitrogens with one attached hydrogen (secondary N) is 2. The van der Waals surface area contributed by atoms with E-state index in [4.69, 9.17) is 9.72 Å². The van der Waals surface area contributed by atoms with E-state index in [2.05, 4.69) is 56.8 Å². The van der Waals surface area contributed by atoms with Gasteiger partial charge in [0.1, 0.15) is 17.7 Å². The van der Waals surface area contributed by atoms with Crippen LogP contribution in [0.3, 0.4) is 0 Å². The molecule has 0 radical (unpaired) electrons. The fourth-order valence-electron chi connectivity index (χ4n) is 5.81. The summed E-state index contributed by atoms with van der Waals surface area (Å²) in [6.45, 7) is 8.37. The van der Waals surface area contributed by atoms with Gasteiger partial charge in [-0.05, 0) is 43.4 Å². The highest BCUT2D eigenvalue weighted by Gasteiger charge is 2.27. The SMILES string of the molecule is N#Cc1c(NC2CCCCC2)nc(NCCCN2CCOCC2)c2c1CCN(Cc1ccccc1)C2. The minimum absolute atomic E-state index is 0.420. The zero-order valence-corrected chi connectivity index (χ0v) is 21.5. The Labute approximate surface area is 215 Å². The van der Waals surface area contributed by atoms with Crippen molar-refractivity contribution in [2.24, 2.45) is 0 Å². The zero-order chi connectivity index (χ0) is 24.6. The topological polar surface area (TPSA) is 76.5 Å². The number of aromatic nitrogens is 1. The summed E-state index contributed by atoms with van der Waals surface area (Å²) in [5, 5.41) is 17.5. The molecule has 2 aromatic rings. The number of benzene rings is 1. The maximum Gasteiger partial charge on any atom is 0.146 e. The quantitative estimate of drug-likeness (QED) is 0.507. The van der Waals surface area contributed by atoms with Gasteiger partial charge in [0.05, 0.1) is 18.8 Å². The van der Waals surface area contributed by atoms with Crippen molar-refractivity contribution in [1.29, 1.82) is 5.26 Å². The molecular formula is C29H40N6O. The molecule has 0 atom stereocenters. The summed E-state index contributed by atoms with van der Waals surface area (Å²) in [6.07, 6.45) is 8.10. The molecule has 0 unspecified atom stereocenters. The van der Waals surface area contributed by atoms with Gasteiger partial charge in [0.15, 0.2) is 0 Å². The fraction of sp³-hybridized carbons (Fsp3) is 0.586.